The maximum Gasteiger partial charge on any atom is 0.290 e. The second kappa shape index (κ2) is 8.27. The van der Waals surface area contributed by atoms with Gasteiger partial charge in [0, 0.05) is 15.5 Å². The van der Waals surface area contributed by atoms with Gasteiger partial charge in [0.25, 0.3) is 5.91 Å². The van der Waals surface area contributed by atoms with Crippen molar-refractivity contribution in [1.29, 1.82) is 0 Å². The molecule has 0 radical (unpaired) electrons. The van der Waals surface area contributed by atoms with Gasteiger partial charge in [-0.15, -0.1) is 0 Å². The minimum Gasteiger partial charge on any atom is -0.503 e. The first kappa shape index (κ1) is 20.5. The molecule has 5 rings (SSSR count). The summed E-state index contributed by atoms with van der Waals surface area (Å²) in [5.41, 5.74) is 2.26. The molecule has 0 saturated heterocycles. The second-order valence-corrected chi connectivity index (χ2v) is 8.86. The van der Waals surface area contributed by atoms with E-state index in [1.165, 1.54) is 4.90 Å². The predicted molar refractivity (Wildman–Crippen MR) is 129 cm³/mol. The number of amides is 1. The smallest absolute Gasteiger partial charge is 0.290 e. The number of para-hydroxylation sites is 1. The lowest BCUT2D eigenvalue weighted by atomic mass is 9.95. The maximum absolute atomic E-state index is 13.5. The van der Waals surface area contributed by atoms with Crippen LogP contribution in [0.15, 0.2) is 101 Å². The average Bonchev–Trinajstić information content (AvgIpc) is 3.35. The molecule has 0 bridgehead atoms. The standard InChI is InChI=1S/C26H18INO4/c27-19-12-10-17(11-13-19)23-22(24(29)21-14-18-8-4-5-9-20(18)32-21)25(30)26(31)28(23)15-16-6-2-1-3-7-16/h1-14,23,30H,15H2. The van der Waals surface area contributed by atoms with Gasteiger partial charge in [-0.25, -0.2) is 0 Å². The van der Waals surface area contributed by atoms with Crippen molar-refractivity contribution < 1.29 is 19.1 Å². The summed E-state index contributed by atoms with van der Waals surface area (Å²) in [4.78, 5) is 28.2. The molecule has 4 aromatic rings. The third-order valence-corrected chi connectivity index (χ3v) is 6.30. The maximum atomic E-state index is 13.5. The van der Waals surface area contributed by atoms with Gasteiger partial charge in [0.2, 0.25) is 5.78 Å². The van der Waals surface area contributed by atoms with Gasteiger partial charge in [-0.3, -0.25) is 9.59 Å². The number of nitrogens with zero attached hydrogens (tertiary/aromatic N) is 1. The fraction of sp³-hybridized carbons (Fsp3) is 0.0769. The number of Topliss-reactive ketones (excluding diaryl/α,β-unsaturated/α-hetero) is 1. The van der Waals surface area contributed by atoms with Crippen LogP contribution < -0.4 is 0 Å². The van der Waals surface area contributed by atoms with Crippen molar-refractivity contribution in [2.45, 2.75) is 12.6 Å². The second-order valence-electron chi connectivity index (χ2n) is 7.61. The highest BCUT2D eigenvalue weighted by Gasteiger charge is 2.44. The Hall–Kier alpha value is -3.39. The molecular formula is C26H18INO4. The molecule has 1 N–H and O–H groups in total. The lowest BCUT2D eigenvalue weighted by molar-refractivity contribution is -0.130. The molecule has 2 heterocycles. The van der Waals surface area contributed by atoms with E-state index in [0.29, 0.717) is 5.58 Å². The highest BCUT2D eigenvalue weighted by atomic mass is 127. The van der Waals surface area contributed by atoms with Gasteiger partial charge in [0.1, 0.15) is 5.58 Å². The van der Waals surface area contributed by atoms with E-state index < -0.39 is 23.5 Å². The quantitative estimate of drug-likeness (QED) is 0.259. The Morgan fingerprint density at radius 3 is 2.38 bits per heavy atom. The Kier molecular flexibility index (Phi) is 5.30. The number of halogens is 1. The van der Waals surface area contributed by atoms with Crippen LogP contribution in [0.25, 0.3) is 11.0 Å². The number of carbonyl (C=O) groups is 2. The summed E-state index contributed by atoms with van der Waals surface area (Å²) in [6, 6.07) is 25.3. The zero-order valence-corrected chi connectivity index (χ0v) is 19.0. The SMILES string of the molecule is O=C(C1=C(O)C(=O)N(Cc2ccccc2)C1c1ccc(I)cc1)c1cc2ccccc2o1. The van der Waals surface area contributed by atoms with E-state index in [2.05, 4.69) is 22.6 Å². The van der Waals surface area contributed by atoms with Crippen molar-refractivity contribution in [3.63, 3.8) is 0 Å². The fourth-order valence-electron chi connectivity index (χ4n) is 4.05. The molecule has 0 saturated carbocycles. The Morgan fingerprint density at radius 1 is 0.969 bits per heavy atom. The number of benzene rings is 3. The number of fused-ring (bicyclic) bond motifs is 1. The summed E-state index contributed by atoms with van der Waals surface area (Å²) < 4.78 is 6.79. The largest absolute Gasteiger partial charge is 0.503 e. The van der Waals surface area contributed by atoms with Crippen molar-refractivity contribution in [3.05, 3.63) is 117 Å². The van der Waals surface area contributed by atoms with E-state index in [9.17, 15) is 14.7 Å². The van der Waals surface area contributed by atoms with Crippen molar-refractivity contribution in [2.75, 3.05) is 0 Å². The number of aliphatic hydroxyl groups is 1. The third-order valence-electron chi connectivity index (χ3n) is 5.58. The summed E-state index contributed by atoms with van der Waals surface area (Å²) in [7, 11) is 0. The zero-order chi connectivity index (χ0) is 22.2. The number of carbonyl (C=O) groups excluding carboxylic acids is 2. The zero-order valence-electron chi connectivity index (χ0n) is 16.9. The molecule has 5 nitrogen and oxygen atoms in total. The first-order chi connectivity index (χ1) is 15.5. The van der Waals surface area contributed by atoms with Crippen molar-refractivity contribution in [1.82, 2.24) is 4.90 Å². The Morgan fingerprint density at radius 2 is 1.66 bits per heavy atom. The molecule has 1 aliphatic rings. The number of hydrogen-bond acceptors (Lipinski definition) is 4. The highest BCUT2D eigenvalue weighted by Crippen LogP contribution is 2.40. The molecule has 6 heteroatoms. The molecule has 1 aliphatic heterocycles. The number of ketones is 1. The predicted octanol–water partition coefficient (Wildman–Crippen LogP) is 5.82. The van der Waals surface area contributed by atoms with E-state index in [1.54, 1.807) is 12.1 Å². The first-order valence-electron chi connectivity index (χ1n) is 10.1. The van der Waals surface area contributed by atoms with Crippen LogP contribution in [0.1, 0.15) is 27.7 Å². The van der Waals surface area contributed by atoms with E-state index in [4.69, 9.17) is 4.42 Å². The summed E-state index contributed by atoms with van der Waals surface area (Å²) >= 11 is 2.20. The molecule has 1 amide bonds. The third kappa shape index (κ3) is 3.60. The van der Waals surface area contributed by atoms with Gasteiger partial charge in [-0.05, 0) is 58.0 Å². The molecule has 0 fully saturated rings. The Bertz CT molecular complexity index is 1320. The molecule has 158 valence electrons. The summed E-state index contributed by atoms with van der Waals surface area (Å²) in [6.45, 7) is 0.261. The molecule has 1 aromatic heterocycles. The Labute approximate surface area is 198 Å². The lowest BCUT2D eigenvalue weighted by Gasteiger charge is -2.27. The van der Waals surface area contributed by atoms with Crippen LogP contribution in [0.3, 0.4) is 0 Å². The average molecular weight is 535 g/mol. The van der Waals surface area contributed by atoms with Crippen LogP contribution >= 0.6 is 22.6 Å². The van der Waals surface area contributed by atoms with Crippen LogP contribution in [0.4, 0.5) is 0 Å². The number of rotatable bonds is 5. The summed E-state index contributed by atoms with van der Waals surface area (Å²) in [5.74, 6) is -1.50. The van der Waals surface area contributed by atoms with Gasteiger partial charge < -0.3 is 14.4 Å². The van der Waals surface area contributed by atoms with Crippen molar-refractivity contribution in [3.8, 4) is 0 Å². The van der Waals surface area contributed by atoms with Crippen molar-refractivity contribution in [2.24, 2.45) is 0 Å². The fourth-order valence-corrected chi connectivity index (χ4v) is 4.41. The Balaban J connectivity index is 1.60. The van der Waals surface area contributed by atoms with Crippen LogP contribution in [0.2, 0.25) is 0 Å². The molecular weight excluding hydrogens is 517 g/mol. The van der Waals surface area contributed by atoms with Crippen LogP contribution in [-0.4, -0.2) is 21.7 Å². The van der Waals surface area contributed by atoms with Crippen LogP contribution in [0, 0.1) is 3.57 Å². The lowest BCUT2D eigenvalue weighted by Crippen LogP contribution is -2.30. The summed E-state index contributed by atoms with van der Waals surface area (Å²) in [5, 5.41) is 11.6. The van der Waals surface area contributed by atoms with Gasteiger partial charge in [-0.1, -0.05) is 60.7 Å². The monoisotopic (exact) mass is 535 g/mol. The van der Waals surface area contributed by atoms with Gasteiger partial charge in [0.05, 0.1) is 11.6 Å². The molecule has 0 spiro atoms. The number of furan rings is 1. The minimum absolute atomic E-state index is 0.0335. The first-order valence-corrected chi connectivity index (χ1v) is 11.2. The van der Waals surface area contributed by atoms with Gasteiger partial charge in [-0.2, -0.15) is 0 Å². The molecule has 1 atom stereocenters. The molecule has 0 aliphatic carbocycles. The topological polar surface area (TPSA) is 70.8 Å². The summed E-state index contributed by atoms with van der Waals surface area (Å²) in [6.07, 6.45) is 0. The van der Waals surface area contributed by atoms with Crippen LogP contribution in [0.5, 0.6) is 0 Å². The normalized spacial score (nSPS) is 16.2. The van der Waals surface area contributed by atoms with Gasteiger partial charge in [0.15, 0.2) is 11.5 Å². The van der Waals surface area contributed by atoms with E-state index in [1.807, 2.05) is 72.8 Å². The molecule has 3 aromatic carbocycles. The van der Waals surface area contributed by atoms with Crippen molar-refractivity contribution >= 4 is 45.3 Å². The van der Waals surface area contributed by atoms with Crippen LogP contribution in [-0.2, 0) is 11.3 Å². The number of hydrogen-bond donors (Lipinski definition) is 1. The van der Waals surface area contributed by atoms with E-state index in [-0.39, 0.29) is 17.9 Å². The van der Waals surface area contributed by atoms with E-state index in [0.717, 1.165) is 20.1 Å². The highest BCUT2D eigenvalue weighted by molar-refractivity contribution is 14.1. The van der Waals surface area contributed by atoms with E-state index >= 15 is 0 Å². The minimum atomic E-state index is -0.722. The molecule has 1 unspecified atom stereocenters. The van der Waals surface area contributed by atoms with Gasteiger partial charge >= 0.3 is 0 Å². The molecule has 32 heavy (non-hydrogen) atoms. The number of aliphatic hydroxyl groups excluding tert-OH is 1.